The molecule has 0 aromatic heterocycles. The van der Waals surface area contributed by atoms with Crippen molar-refractivity contribution in [1.82, 2.24) is 5.32 Å². The van der Waals surface area contributed by atoms with Crippen LogP contribution in [-0.2, 0) is 4.74 Å². The first-order chi connectivity index (χ1) is 8.06. The van der Waals surface area contributed by atoms with Gasteiger partial charge in [-0.3, -0.25) is 0 Å². The van der Waals surface area contributed by atoms with E-state index in [0.717, 1.165) is 12.3 Å². The molecule has 1 aromatic carbocycles. The Kier molecular flexibility index (Phi) is 6.03. The third kappa shape index (κ3) is 5.11. The van der Waals surface area contributed by atoms with E-state index in [-0.39, 0.29) is 5.60 Å². The molecule has 0 radical (unpaired) electrons. The van der Waals surface area contributed by atoms with Gasteiger partial charge in [0.2, 0.25) is 0 Å². The molecule has 0 saturated carbocycles. The molecule has 0 aliphatic rings. The summed E-state index contributed by atoms with van der Waals surface area (Å²) in [5, 5.41) is 3.50. The summed E-state index contributed by atoms with van der Waals surface area (Å²) in [5.41, 5.74) is -0.114. The highest BCUT2D eigenvalue weighted by molar-refractivity contribution is 7.99. The van der Waals surface area contributed by atoms with E-state index in [1.165, 1.54) is 4.90 Å². The van der Waals surface area contributed by atoms with E-state index in [1.54, 1.807) is 7.11 Å². The lowest BCUT2D eigenvalue weighted by Crippen LogP contribution is -2.46. The number of nitrogens with one attached hydrogen (secondary N) is 1. The molecule has 0 heterocycles. The minimum Gasteiger partial charge on any atom is -0.377 e. The highest BCUT2D eigenvalue weighted by Gasteiger charge is 2.24. The fourth-order valence-corrected chi connectivity index (χ4v) is 2.19. The van der Waals surface area contributed by atoms with Crippen LogP contribution in [0.4, 0.5) is 0 Å². The molecule has 96 valence electrons. The maximum atomic E-state index is 5.45. The Hall–Kier alpha value is -0.510. The summed E-state index contributed by atoms with van der Waals surface area (Å²) in [6.45, 7) is 7.37. The number of methoxy groups -OCH3 is 1. The van der Waals surface area contributed by atoms with Crippen molar-refractivity contribution in [1.29, 1.82) is 0 Å². The Bertz CT molecular complexity index is 313. The predicted molar refractivity (Wildman–Crippen MR) is 75.7 cm³/mol. The van der Waals surface area contributed by atoms with Gasteiger partial charge in [-0.1, -0.05) is 18.2 Å². The predicted octanol–water partition coefficient (Wildman–Crippen LogP) is 3.18. The van der Waals surface area contributed by atoms with E-state index in [0.29, 0.717) is 6.04 Å². The van der Waals surface area contributed by atoms with E-state index >= 15 is 0 Å². The van der Waals surface area contributed by atoms with Crippen molar-refractivity contribution >= 4 is 11.8 Å². The largest absolute Gasteiger partial charge is 0.377 e. The van der Waals surface area contributed by atoms with Crippen molar-refractivity contribution in [3.63, 3.8) is 0 Å². The summed E-state index contributed by atoms with van der Waals surface area (Å²) in [4.78, 5) is 1.33. The summed E-state index contributed by atoms with van der Waals surface area (Å²) in [6, 6.07) is 10.8. The summed E-state index contributed by atoms with van der Waals surface area (Å²) < 4.78 is 5.45. The van der Waals surface area contributed by atoms with Gasteiger partial charge < -0.3 is 10.1 Å². The Balaban J connectivity index is 2.21. The summed E-state index contributed by atoms with van der Waals surface area (Å²) in [6.07, 6.45) is 0. The van der Waals surface area contributed by atoms with Crippen LogP contribution in [0.2, 0.25) is 0 Å². The van der Waals surface area contributed by atoms with Gasteiger partial charge in [-0.25, -0.2) is 0 Å². The molecule has 0 spiro atoms. The first-order valence-corrected chi connectivity index (χ1v) is 7.01. The number of ether oxygens (including phenoxy) is 1. The van der Waals surface area contributed by atoms with Crippen molar-refractivity contribution in [2.45, 2.75) is 37.3 Å². The minimum absolute atomic E-state index is 0.114. The SMILES string of the molecule is COC(C)(C)C(C)NCCSc1ccccc1. The maximum absolute atomic E-state index is 5.45. The average Bonchev–Trinajstić information content (AvgIpc) is 2.35. The lowest BCUT2D eigenvalue weighted by Gasteiger charge is -2.31. The van der Waals surface area contributed by atoms with Crippen molar-refractivity contribution in [2.24, 2.45) is 0 Å². The van der Waals surface area contributed by atoms with Crippen LogP contribution < -0.4 is 5.32 Å². The Morgan fingerprint density at radius 1 is 1.29 bits per heavy atom. The Morgan fingerprint density at radius 2 is 1.94 bits per heavy atom. The minimum atomic E-state index is -0.114. The van der Waals surface area contributed by atoms with E-state index in [9.17, 15) is 0 Å². The summed E-state index contributed by atoms with van der Waals surface area (Å²) in [7, 11) is 1.76. The van der Waals surface area contributed by atoms with Crippen molar-refractivity contribution in [3.05, 3.63) is 30.3 Å². The van der Waals surface area contributed by atoms with E-state index in [1.807, 2.05) is 17.8 Å². The van der Waals surface area contributed by atoms with Crippen LogP contribution in [0.1, 0.15) is 20.8 Å². The molecule has 0 amide bonds. The van der Waals surface area contributed by atoms with Crippen LogP contribution >= 0.6 is 11.8 Å². The second kappa shape index (κ2) is 7.04. The van der Waals surface area contributed by atoms with Gasteiger partial charge in [0.1, 0.15) is 0 Å². The van der Waals surface area contributed by atoms with Crippen molar-refractivity contribution < 1.29 is 4.74 Å². The van der Waals surface area contributed by atoms with Gasteiger partial charge in [-0.15, -0.1) is 11.8 Å². The van der Waals surface area contributed by atoms with Gasteiger partial charge >= 0.3 is 0 Å². The molecule has 3 heteroatoms. The summed E-state index contributed by atoms with van der Waals surface area (Å²) in [5.74, 6) is 1.08. The van der Waals surface area contributed by atoms with Crippen LogP contribution in [0, 0.1) is 0 Å². The molecule has 17 heavy (non-hydrogen) atoms. The highest BCUT2D eigenvalue weighted by atomic mass is 32.2. The normalized spacial score (nSPS) is 13.6. The van der Waals surface area contributed by atoms with E-state index in [2.05, 4.69) is 50.4 Å². The van der Waals surface area contributed by atoms with Crippen molar-refractivity contribution in [2.75, 3.05) is 19.4 Å². The third-order valence-electron chi connectivity index (χ3n) is 3.13. The molecule has 0 bridgehead atoms. The third-order valence-corrected chi connectivity index (χ3v) is 4.15. The molecule has 0 aliphatic heterocycles. The number of hydrogen-bond acceptors (Lipinski definition) is 3. The second-order valence-corrected chi connectivity index (χ2v) is 5.81. The highest BCUT2D eigenvalue weighted by Crippen LogP contribution is 2.17. The number of thioether (sulfide) groups is 1. The lowest BCUT2D eigenvalue weighted by molar-refractivity contribution is -0.00437. The molecule has 1 aromatic rings. The molecule has 1 atom stereocenters. The van der Waals surface area contributed by atoms with Crippen molar-refractivity contribution in [3.8, 4) is 0 Å². The Morgan fingerprint density at radius 3 is 2.53 bits per heavy atom. The van der Waals surface area contributed by atoms with Crippen LogP contribution in [0.25, 0.3) is 0 Å². The van der Waals surface area contributed by atoms with Gasteiger partial charge in [0, 0.05) is 30.3 Å². The molecule has 1 unspecified atom stereocenters. The van der Waals surface area contributed by atoms with Crippen LogP contribution in [0.15, 0.2) is 35.2 Å². The zero-order valence-electron chi connectivity index (χ0n) is 11.2. The molecule has 1 N–H and O–H groups in total. The molecule has 2 nitrogen and oxygen atoms in total. The molecular weight excluding hydrogens is 230 g/mol. The number of rotatable bonds is 7. The fraction of sp³-hybridized carbons (Fsp3) is 0.571. The molecule has 0 saturated heterocycles. The first-order valence-electron chi connectivity index (χ1n) is 6.02. The first kappa shape index (κ1) is 14.6. The Labute approximate surface area is 109 Å². The van der Waals surface area contributed by atoms with E-state index in [4.69, 9.17) is 4.74 Å². The fourth-order valence-electron chi connectivity index (χ4n) is 1.38. The van der Waals surface area contributed by atoms with E-state index < -0.39 is 0 Å². The zero-order valence-corrected chi connectivity index (χ0v) is 12.0. The molecule has 0 fully saturated rings. The number of benzene rings is 1. The molecule has 0 aliphatic carbocycles. The van der Waals surface area contributed by atoms with Gasteiger partial charge in [-0.05, 0) is 32.9 Å². The van der Waals surface area contributed by atoms with Crippen LogP contribution in [0.5, 0.6) is 0 Å². The lowest BCUT2D eigenvalue weighted by atomic mass is 10.0. The molecular formula is C14H23NOS. The number of hydrogen-bond donors (Lipinski definition) is 1. The second-order valence-electron chi connectivity index (χ2n) is 4.64. The van der Waals surface area contributed by atoms with Gasteiger partial charge in [0.05, 0.1) is 5.60 Å². The molecule has 1 rings (SSSR count). The van der Waals surface area contributed by atoms with Crippen LogP contribution in [0.3, 0.4) is 0 Å². The smallest absolute Gasteiger partial charge is 0.0772 e. The van der Waals surface area contributed by atoms with Gasteiger partial charge in [-0.2, -0.15) is 0 Å². The summed E-state index contributed by atoms with van der Waals surface area (Å²) >= 11 is 1.88. The van der Waals surface area contributed by atoms with Crippen LogP contribution in [-0.4, -0.2) is 31.1 Å². The average molecular weight is 253 g/mol. The van der Waals surface area contributed by atoms with Gasteiger partial charge in [0.25, 0.3) is 0 Å². The zero-order chi connectivity index (χ0) is 12.7. The van der Waals surface area contributed by atoms with Gasteiger partial charge in [0.15, 0.2) is 0 Å². The monoisotopic (exact) mass is 253 g/mol. The maximum Gasteiger partial charge on any atom is 0.0772 e. The standard InChI is InChI=1S/C14H23NOS/c1-12(14(2,3)16-4)15-10-11-17-13-8-6-5-7-9-13/h5-9,12,15H,10-11H2,1-4H3. The topological polar surface area (TPSA) is 21.3 Å². The quantitative estimate of drug-likeness (QED) is 0.595.